The molecule has 0 spiro atoms. The highest BCUT2D eigenvalue weighted by molar-refractivity contribution is 5.82. The second-order valence-electron chi connectivity index (χ2n) is 5.94. The number of nitrogens with one attached hydrogen (secondary N) is 1. The second kappa shape index (κ2) is 9.20. The maximum atomic E-state index is 12.7. The molecule has 9 heteroatoms. The normalized spacial score (nSPS) is 11.6. The maximum absolute atomic E-state index is 12.7. The SMILES string of the molecule is CCN(CC)c1ccc(C=NNC(=O)Cn2cc(C(F)(F)F)ccc2=O)cc1. The van der Waals surface area contributed by atoms with Gasteiger partial charge >= 0.3 is 6.18 Å². The number of amides is 1. The van der Waals surface area contributed by atoms with Gasteiger partial charge in [-0.15, -0.1) is 0 Å². The average molecular weight is 394 g/mol. The summed E-state index contributed by atoms with van der Waals surface area (Å²) in [5.74, 6) is -0.711. The fraction of sp³-hybridized carbons (Fsp3) is 0.316. The first kappa shape index (κ1) is 21.2. The van der Waals surface area contributed by atoms with Crippen molar-refractivity contribution in [1.29, 1.82) is 0 Å². The van der Waals surface area contributed by atoms with E-state index in [4.69, 9.17) is 0 Å². The summed E-state index contributed by atoms with van der Waals surface area (Å²) in [6.45, 7) is 5.32. The van der Waals surface area contributed by atoms with Gasteiger partial charge in [0.1, 0.15) is 6.54 Å². The van der Waals surface area contributed by atoms with Gasteiger partial charge < -0.3 is 9.47 Å². The fourth-order valence-corrected chi connectivity index (χ4v) is 2.55. The molecule has 0 saturated carbocycles. The Morgan fingerprint density at radius 1 is 1.14 bits per heavy atom. The highest BCUT2D eigenvalue weighted by Crippen LogP contribution is 2.27. The number of carbonyl (C=O) groups is 1. The van der Waals surface area contributed by atoms with Crippen LogP contribution in [0.1, 0.15) is 25.0 Å². The first-order chi connectivity index (χ1) is 13.2. The first-order valence-electron chi connectivity index (χ1n) is 8.69. The lowest BCUT2D eigenvalue weighted by molar-refractivity contribution is -0.138. The zero-order chi connectivity index (χ0) is 20.7. The summed E-state index contributed by atoms with van der Waals surface area (Å²) in [7, 11) is 0. The number of pyridine rings is 1. The molecule has 0 radical (unpaired) electrons. The number of hydrogen-bond donors (Lipinski definition) is 1. The van der Waals surface area contributed by atoms with Crippen LogP contribution in [0.3, 0.4) is 0 Å². The van der Waals surface area contributed by atoms with Crippen molar-refractivity contribution in [3.63, 3.8) is 0 Å². The molecule has 0 bridgehead atoms. The predicted octanol–water partition coefficient (Wildman–Crippen LogP) is 2.86. The van der Waals surface area contributed by atoms with E-state index < -0.39 is 29.8 Å². The van der Waals surface area contributed by atoms with Crippen LogP contribution >= 0.6 is 0 Å². The lowest BCUT2D eigenvalue weighted by Gasteiger charge is -2.20. The van der Waals surface area contributed by atoms with E-state index in [-0.39, 0.29) is 0 Å². The zero-order valence-corrected chi connectivity index (χ0v) is 15.5. The number of hydrazone groups is 1. The molecule has 1 heterocycles. The molecule has 150 valence electrons. The van der Waals surface area contributed by atoms with Crippen LogP contribution in [0, 0.1) is 0 Å². The number of hydrogen-bond acceptors (Lipinski definition) is 4. The summed E-state index contributed by atoms with van der Waals surface area (Å²) in [6.07, 6.45) is -2.57. The fourth-order valence-electron chi connectivity index (χ4n) is 2.55. The Kier molecular flexibility index (Phi) is 6.97. The van der Waals surface area contributed by atoms with Gasteiger partial charge in [-0.25, -0.2) is 5.43 Å². The van der Waals surface area contributed by atoms with Gasteiger partial charge in [-0.3, -0.25) is 9.59 Å². The lowest BCUT2D eigenvalue weighted by Crippen LogP contribution is -2.30. The van der Waals surface area contributed by atoms with Crippen LogP contribution in [0.15, 0.2) is 52.5 Å². The van der Waals surface area contributed by atoms with Crippen molar-refractivity contribution in [3.05, 3.63) is 64.1 Å². The molecule has 0 atom stereocenters. The molecule has 2 aromatic rings. The van der Waals surface area contributed by atoms with Gasteiger partial charge in [0.15, 0.2) is 0 Å². The number of nitrogens with zero attached hydrogens (tertiary/aromatic N) is 3. The Labute approximate surface area is 160 Å². The summed E-state index contributed by atoms with van der Waals surface area (Å²) >= 11 is 0. The van der Waals surface area contributed by atoms with Gasteiger partial charge in [0.2, 0.25) is 0 Å². The van der Waals surface area contributed by atoms with Crippen LogP contribution < -0.4 is 15.9 Å². The van der Waals surface area contributed by atoms with Crippen molar-refractivity contribution in [2.45, 2.75) is 26.6 Å². The number of benzene rings is 1. The molecule has 1 amide bonds. The topological polar surface area (TPSA) is 66.7 Å². The number of anilines is 1. The Morgan fingerprint density at radius 3 is 2.36 bits per heavy atom. The van der Waals surface area contributed by atoms with Crippen LogP contribution in [0.4, 0.5) is 18.9 Å². The van der Waals surface area contributed by atoms with Crippen molar-refractivity contribution in [1.82, 2.24) is 9.99 Å². The number of carbonyl (C=O) groups excluding carboxylic acids is 1. The van der Waals surface area contributed by atoms with Crippen LogP contribution in [-0.4, -0.2) is 29.8 Å². The van der Waals surface area contributed by atoms with E-state index in [1.54, 1.807) is 0 Å². The minimum absolute atomic E-state index is 0.568. The molecule has 1 N–H and O–H groups in total. The third-order valence-electron chi connectivity index (χ3n) is 4.05. The molecule has 0 aliphatic heterocycles. The second-order valence-corrected chi connectivity index (χ2v) is 5.94. The van der Waals surface area contributed by atoms with Gasteiger partial charge in [-0.1, -0.05) is 12.1 Å². The molecule has 0 unspecified atom stereocenters. The van der Waals surface area contributed by atoms with E-state index in [9.17, 15) is 22.8 Å². The molecule has 0 aliphatic rings. The van der Waals surface area contributed by atoms with E-state index in [2.05, 4.69) is 29.3 Å². The lowest BCUT2D eigenvalue weighted by atomic mass is 10.2. The summed E-state index contributed by atoms with van der Waals surface area (Å²) < 4.78 is 38.8. The van der Waals surface area contributed by atoms with E-state index in [0.29, 0.717) is 16.8 Å². The molecule has 0 saturated heterocycles. The van der Waals surface area contributed by atoms with E-state index in [0.717, 1.165) is 30.4 Å². The smallest absolute Gasteiger partial charge is 0.372 e. The Morgan fingerprint density at radius 2 is 1.79 bits per heavy atom. The largest absolute Gasteiger partial charge is 0.417 e. The molecule has 1 aromatic heterocycles. The van der Waals surface area contributed by atoms with Gasteiger partial charge in [0.05, 0.1) is 11.8 Å². The molecular weight excluding hydrogens is 373 g/mol. The average Bonchev–Trinajstić information content (AvgIpc) is 2.65. The highest BCUT2D eigenvalue weighted by atomic mass is 19.4. The molecule has 0 fully saturated rings. The first-order valence-corrected chi connectivity index (χ1v) is 8.69. The van der Waals surface area contributed by atoms with Crippen LogP contribution in [-0.2, 0) is 17.5 Å². The van der Waals surface area contributed by atoms with E-state index in [1.807, 2.05) is 24.3 Å². The molecule has 6 nitrogen and oxygen atoms in total. The van der Waals surface area contributed by atoms with Gasteiger partial charge in [-0.2, -0.15) is 18.3 Å². The summed E-state index contributed by atoms with van der Waals surface area (Å²) in [5.41, 5.74) is 2.30. The Hall–Kier alpha value is -3.10. The van der Waals surface area contributed by atoms with Crippen molar-refractivity contribution in [3.8, 4) is 0 Å². The predicted molar refractivity (Wildman–Crippen MR) is 101 cm³/mol. The molecule has 2 rings (SSSR count). The zero-order valence-electron chi connectivity index (χ0n) is 15.5. The summed E-state index contributed by atoms with van der Waals surface area (Å²) in [6, 6.07) is 8.98. The quantitative estimate of drug-likeness (QED) is 0.580. The van der Waals surface area contributed by atoms with E-state index in [1.165, 1.54) is 6.21 Å². The van der Waals surface area contributed by atoms with Crippen molar-refractivity contribution in [2.24, 2.45) is 5.10 Å². The van der Waals surface area contributed by atoms with Crippen LogP contribution in [0.5, 0.6) is 0 Å². The van der Waals surface area contributed by atoms with Gasteiger partial charge in [-0.05, 0) is 37.6 Å². The van der Waals surface area contributed by atoms with Crippen molar-refractivity contribution >= 4 is 17.8 Å². The molecular formula is C19H21F3N4O2. The van der Waals surface area contributed by atoms with Crippen LogP contribution in [0.2, 0.25) is 0 Å². The summed E-state index contributed by atoms with van der Waals surface area (Å²) in [4.78, 5) is 25.7. The minimum atomic E-state index is -4.60. The van der Waals surface area contributed by atoms with Crippen molar-refractivity contribution < 1.29 is 18.0 Å². The Bertz CT molecular complexity index is 885. The monoisotopic (exact) mass is 394 g/mol. The maximum Gasteiger partial charge on any atom is 0.417 e. The van der Waals surface area contributed by atoms with Gasteiger partial charge in [0.25, 0.3) is 11.5 Å². The third kappa shape index (κ3) is 5.70. The molecule has 1 aromatic carbocycles. The van der Waals surface area contributed by atoms with Crippen LogP contribution in [0.25, 0.3) is 0 Å². The number of alkyl halides is 3. The molecule has 0 aliphatic carbocycles. The third-order valence-corrected chi connectivity index (χ3v) is 4.05. The number of aromatic nitrogens is 1. The molecule has 28 heavy (non-hydrogen) atoms. The number of halogens is 3. The van der Waals surface area contributed by atoms with E-state index >= 15 is 0 Å². The highest BCUT2D eigenvalue weighted by Gasteiger charge is 2.31. The summed E-state index contributed by atoms with van der Waals surface area (Å²) in [5, 5.41) is 3.78. The minimum Gasteiger partial charge on any atom is -0.372 e. The van der Waals surface area contributed by atoms with Crippen molar-refractivity contribution in [2.75, 3.05) is 18.0 Å². The number of rotatable bonds is 7. The standard InChI is InChI=1S/C19H21F3N4O2/c1-3-25(4-2)16-8-5-14(6-9-16)11-23-24-17(27)13-26-12-15(19(20,21)22)7-10-18(26)28/h5-12H,3-4,13H2,1-2H3,(H,24,27). The van der Waals surface area contributed by atoms with Gasteiger partial charge in [0, 0.05) is 31.0 Å². The Balaban J connectivity index is 1.98.